The molecule has 0 aliphatic carbocycles. The van der Waals surface area contributed by atoms with Gasteiger partial charge >= 0.3 is 0 Å². The normalized spacial score (nSPS) is 10.5. The largest absolute Gasteiger partial charge is 0.389 e. The lowest BCUT2D eigenvalue weighted by Crippen LogP contribution is -2.08. The Balaban J connectivity index is 2.86. The third-order valence-corrected chi connectivity index (χ3v) is 2.14. The van der Waals surface area contributed by atoms with E-state index in [1.165, 1.54) is 6.07 Å². The minimum absolute atomic E-state index is 0.205. The Morgan fingerprint density at radius 1 is 1.46 bits per heavy atom. The minimum atomic E-state index is -0.304. The first-order valence-electron chi connectivity index (χ1n) is 3.75. The number of aromatic amines is 1. The van der Waals surface area contributed by atoms with E-state index >= 15 is 0 Å². The predicted molar refractivity (Wildman–Crippen MR) is 54.1 cm³/mol. The number of rotatable bonds is 1. The number of H-pyrrole nitrogens is 1. The van der Waals surface area contributed by atoms with Crippen LogP contribution in [0, 0.1) is 5.82 Å². The van der Waals surface area contributed by atoms with Gasteiger partial charge in [0, 0.05) is 22.7 Å². The molecule has 0 spiro atoms. The third kappa shape index (κ3) is 1.19. The van der Waals surface area contributed by atoms with Gasteiger partial charge in [0.1, 0.15) is 10.8 Å². The van der Waals surface area contributed by atoms with E-state index < -0.39 is 0 Å². The molecule has 0 amide bonds. The molecule has 66 valence electrons. The zero-order valence-corrected chi connectivity index (χ0v) is 7.49. The van der Waals surface area contributed by atoms with Gasteiger partial charge < -0.3 is 10.7 Å². The van der Waals surface area contributed by atoms with Gasteiger partial charge in [-0.25, -0.2) is 4.39 Å². The van der Waals surface area contributed by atoms with Crippen molar-refractivity contribution in [1.82, 2.24) is 4.98 Å². The molecule has 1 aromatic heterocycles. The Hall–Kier alpha value is -1.42. The molecule has 0 saturated heterocycles. The van der Waals surface area contributed by atoms with Gasteiger partial charge in [0.2, 0.25) is 0 Å². The lowest BCUT2D eigenvalue weighted by atomic mass is 10.1. The van der Waals surface area contributed by atoms with E-state index in [1.54, 1.807) is 18.3 Å². The van der Waals surface area contributed by atoms with Crippen molar-refractivity contribution in [2.24, 2.45) is 5.73 Å². The molecule has 0 atom stereocenters. The molecule has 0 unspecified atom stereocenters. The van der Waals surface area contributed by atoms with Crippen molar-refractivity contribution in [1.29, 1.82) is 0 Å². The number of aromatic nitrogens is 1. The van der Waals surface area contributed by atoms with Crippen molar-refractivity contribution in [3.05, 3.63) is 35.8 Å². The van der Waals surface area contributed by atoms with E-state index in [1.807, 2.05) is 0 Å². The quantitative estimate of drug-likeness (QED) is 0.681. The number of benzene rings is 1. The van der Waals surface area contributed by atoms with Gasteiger partial charge in [-0.15, -0.1) is 0 Å². The molecule has 3 N–H and O–H groups in total. The first-order valence-corrected chi connectivity index (χ1v) is 4.16. The highest BCUT2D eigenvalue weighted by Crippen LogP contribution is 2.20. The number of nitrogens with two attached hydrogens (primary N) is 1. The van der Waals surface area contributed by atoms with Crippen molar-refractivity contribution in [2.75, 3.05) is 0 Å². The topological polar surface area (TPSA) is 41.8 Å². The van der Waals surface area contributed by atoms with Crippen LogP contribution in [0.5, 0.6) is 0 Å². The van der Waals surface area contributed by atoms with Crippen molar-refractivity contribution in [3.63, 3.8) is 0 Å². The number of thiocarbonyl (C=S) groups is 1. The van der Waals surface area contributed by atoms with Crippen LogP contribution in [-0.4, -0.2) is 9.97 Å². The average Bonchev–Trinajstić information content (AvgIpc) is 2.49. The summed E-state index contributed by atoms with van der Waals surface area (Å²) in [6.45, 7) is 0. The summed E-state index contributed by atoms with van der Waals surface area (Å²) >= 11 is 4.79. The molecule has 13 heavy (non-hydrogen) atoms. The Kier molecular flexibility index (Phi) is 1.77. The standard InChI is InChI=1S/C9H7FN2S/c10-6-2-1-3-7-8(6)5(4-12-7)9(11)13/h1-4,12H,(H2,11,13). The Morgan fingerprint density at radius 2 is 2.23 bits per heavy atom. The number of fused-ring (bicyclic) bond motifs is 1. The van der Waals surface area contributed by atoms with Crippen LogP contribution in [0.25, 0.3) is 10.9 Å². The van der Waals surface area contributed by atoms with E-state index in [4.69, 9.17) is 18.0 Å². The Bertz CT molecular complexity index is 475. The molecular weight excluding hydrogens is 187 g/mol. The van der Waals surface area contributed by atoms with Gasteiger partial charge in [-0.3, -0.25) is 0 Å². The highest BCUT2D eigenvalue weighted by atomic mass is 32.1. The van der Waals surface area contributed by atoms with Crippen LogP contribution in [0.2, 0.25) is 0 Å². The summed E-state index contributed by atoms with van der Waals surface area (Å²) in [7, 11) is 0. The van der Waals surface area contributed by atoms with Crippen LogP contribution in [0.15, 0.2) is 24.4 Å². The second-order valence-corrected chi connectivity index (χ2v) is 3.17. The summed E-state index contributed by atoms with van der Waals surface area (Å²) in [4.78, 5) is 3.11. The highest BCUT2D eigenvalue weighted by Gasteiger charge is 2.09. The summed E-state index contributed by atoms with van der Waals surface area (Å²) in [6, 6.07) is 4.80. The van der Waals surface area contributed by atoms with E-state index in [-0.39, 0.29) is 10.8 Å². The van der Waals surface area contributed by atoms with Gasteiger partial charge in [0.25, 0.3) is 0 Å². The first-order chi connectivity index (χ1) is 6.20. The lowest BCUT2D eigenvalue weighted by molar-refractivity contribution is 0.640. The molecule has 0 aliphatic heterocycles. The summed E-state index contributed by atoms with van der Waals surface area (Å²) in [5.41, 5.74) is 6.71. The maximum absolute atomic E-state index is 13.3. The predicted octanol–water partition coefficient (Wildman–Crippen LogP) is 1.94. The van der Waals surface area contributed by atoms with E-state index in [0.717, 1.165) is 0 Å². The van der Waals surface area contributed by atoms with Gasteiger partial charge in [0.15, 0.2) is 0 Å². The zero-order valence-electron chi connectivity index (χ0n) is 6.67. The fraction of sp³-hybridized carbons (Fsp3) is 0. The number of halogens is 1. The van der Waals surface area contributed by atoms with Crippen LogP contribution < -0.4 is 5.73 Å². The van der Waals surface area contributed by atoms with Crippen molar-refractivity contribution >= 4 is 28.1 Å². The molecule has 0 saturated carbocycles. The molecule has 1 aromatic carbocycles. The highest BCUT2D eigenvalue weighted by molar-refractivity contribution is 7.80. The third-order valence-electron chi connectivity index (χ3n) is 1.92. The Morgan fingerprint density at radius 3 is 2.92 bits per heavy atom. The second-order valence-electron chi connectivity index (χ2n) is 2.73. The maximum Gasteiger partial charge on any atom is 0.133 e. The van der Waals surface area contributed by atoms with Crippen LogP contribution in [0.3, 0.4) is 0 Å². The first kappa shape index (κ1) is 8.19. The molecule has 0 aliphatic rings. The number of hydrogen-bond donors (Lipinski definition) is 2. The SMILES string of the molecule is NC(=S)c1c[nH]c2cccc(F)c12. The van der Waals surface area contributed by atoms with Crippen molar-refractivity contribution in [2.45, 2.75) is 0 Å². The van der Waals surface area contributed by atoms with Crippen LogP contribution in [0.4, 0.5) is 4.39 Å². The molecule has 0 bridgehead atoms. The van der Waals surface area contributed by atoms with Gasteiger partial charge in [-0.2, -0.15) is 0 Å². The Labute approximate surface area is 79.6 Å². The summed E-state index contributed by atoms with van der Waals surface area (Å²) in [5, 5.41) is 0.468. The molecule has 0 fully saturated rings. The molecule has 2 aromatic rings. The van der Waals surface area contributed by atoms with Crippen LogP contribution in [0.1, 0.15) is 5.56 Å². The van der Waals surface area contributed by atoms with Crippen LogP contribution >= 0.6 is 12.2 Å². The zero-order chi connectivity index (χ0) is 9.42. The summed E-state index contributed by atoms with van der Waals surface area (Å²) in [5.74, 6) is -0.304. The average molecular weight is 194 g/mol. The lowest BCUT2D eigenvalue weighted by Gasteiger charge is -1.95. The van der Waals surface area contributed by atoms with Gasteiger partial charge in [-0.05, 0) is 12.1 Å². The van der Waals surface area contributed by atoms with Crippen molar-refractivity contribution in [3.8, 4) is 0 Å². The van der Waals surface area contributed by atoms with E-state index in [0.29, 0.717) is 16.5 Å². The van der Waals surface area contributed by atoms with E-state index in [2.05, 4.69) is 4.98 Å². The number of hydrogen-bond acceptors (Lipinski definition) is 1. The summed E-state index contributed by atoms with van der Waals surface area (Å²) in [6.07, 6.45) is 1.62. The number of nitrogens with one attached hydrogen (secondary N) is 1. The summed E-state index contributed by atoms with van der Waals surface area (Å²) < 4.78 is 13.3. The van der Waals surface area contributed by atoms with E-state index in [9.17, 15) is 4.39 Å². The molecule has 0 radical (unpaired) electrons. The minimum Gasteiger partial charge on any atom is -0.389 e. The smallest absolute Gasteiger partial charge is 0.133 e. The molecule has 2 rings (SSSR count). The molecule has 4 heteroatoms. The fourth-order valence-electron chi connectivity index (χ4n) is 1.33. The maximum atomic E-state index is 13.3. The monoisotopic (exact) mass is 194 g/mol. The van der Waals surface area contributed by atoms with Crippen LogP contribution in [-0.2, 0) is 0 Å². The molecule has 2 nitrogen and oxygen atoms in total. The van der Waals surface area contributed by atoms with Gasteiger partial charge in [0.05, 0.1) is 0 Å². The van der Waals surface area contributed by atoms with Gasteiger partial charge in [-0.1, -0.05) is 18.3 Å². The molecule has 1 heterocycles. The molecular formula is C9H7FN2S. The second kappa shape index (κ2) is 2.81. The van der Waals surface area contributed by atoms with Crippen molar-refractivity contribution < 1.29 is 4.39 Å². The fourth-order valence-corrected chi connectivity index (χ4v) is 1.50.